The van der Waals surface area contributed by atoms with Crippen molar-refractivity contribution in [1.29, 1.82) is 0 Å². The lowest BCUT2D eigenvalue weighted by Gasteiger charge is -2.65. The molecule has 0 amide bonds. The molecule has 2 saturated heterocycles. The first-order valence-corrected chi connectivity index (χ1v) is 16.2. The average Bonchev–Trinajstić information content (AvgIpc) is 3.52. The molecule has 11 atom stereocenters. The van der Waals surface area contributed by atoms with Crippen LogP contribution in [0.3, 0.4) is 0 Å². The molecule has 4 heteroatoms. The minimum absolute atomic E-state index is 0.166. The molecule has 216 valence electrons. The van der Waals surface area contributed by atoms with Crippen LogP contribution in [0.2, 0.25) is 0 Å². The van der Waals surface area contributed by atoms with Crippen LogP contribution in [-0.4, -0.2) is 37.0 Å². The van der Waals surface area contributed by atoms with Gasteiger partial charge in [-0.05, 0) is 111 Å². The molecular formula is C34H56O4. The molecule has 0 aromatic heterocycles. The summed E-state index contributed by atoms with van der Waals surface area (Å²) in [4.78, 5) is 0. The van der Waals surface area contributed by atoms with Crippen LogP contribution in [0.25, 0.3) is 0 Å². The van der Waals surface area contributed by atoms with Crippen LogP contribution in [0.5, 0.6) is 0 Å². The molecule has 6 rings (SSSR count). The number of hydrogen-bond donors (Lipinski definition) is 0. The number of allylic oxidation sites excluding steroid dienone is 2. The summed E-state index contributed by atoms with van der Waals surface area (Å²) in [5, 5.41) is 0. The van der Waals surface area contributed by atoms with E-state index in [-0.39, 0.29) is 17.6 Å². The van der Waals surface area contributed by atoms with E-state index in [0.717, 1.165) is 56.1 Å². The molecule has 2 heterocycles. The van der Waals surface area contributed by atoms with E-state index in [0.29, 0.717) is 29.1 Å². The van der Waals surface area contributed by atoms with Gasteiger partial charge in [-0.2, -0.15) is 0 Å². The van der Waals surface area contributed by atoms with E-state index < -0.39 is 11.6 Å². The molecule has 1 spiro atoms. The third-order valence-corrected chi connectivity index (χ3v) is 13.0. The highest BCUT2D eigenvalue weighted by molar-refractivity contribution is 5.16. The second-order valence-electron chi connectivity index (χ2n) is 15.6. The summed E-state index contributed by atoms with van der Waals surface area (Å²) >= 11 is 0. The Kier molecular flexibility index (Phi) is 6.98. The fraction of sp³-hybridized carbons (Fsp3) is 0.941. The van der Waals surface area contributed by atoms with E-state index in [1.165, 1.54) is 32.1 Å². The van der Waals surface area contributed by atoms with Crippen molar-refractivity contribution in [2.45, 2.75) is 131 Å². The standard InChI is InChI=1S/C34H56O4/c1-9-23(21(2)3)11-10-22(4)25-12-13-26-24-19-34(35-16-17-36-34)30-18-28-29(38-31(5,6)37-28)20-33(30,8)27(24)14-15-32(25,26)7/h10-11,21-30H,9,12-20H2,1-8H3/t22-,23-,24+,25-,26+,27+,28+,29-,30+,32-,33-/m1/s1. The molecule has 0 radical (unpaired) electrons. The molecule has 38 heavy (non-hydrogen) atoms. The van der Waals surface area contributed by atoms with Crippen molar-refractivity contribution in [1.82, 2.24) is 0 Å². The molecule has 0 aromatic rings. The van der Waals surface area contributed by atoms with E-state index in [9.17, 15) is 0 Å². The summed E-state index contributed by atoms with van der Waals surface area (Å²) < 4.78 is 26.3. The summed E-state index contributed by atoms with van der Waals surface area (Å²) in [6.45, 7) is 20.5. The zero-order valence-corrected chi connectivity index (χ0v) is 25.6. The van der Waals surface area contributed by atoms with E-state index in [2.05, 4.69) is 67.5 Å². The average molecular weight is 529 g/mol. The van der Waals surface area contributed by atoms with E-state index in [1.54, 1.807) is 0 Å². The molecule has 0 N–H and O–H groups in total. The van der Waals surface area contributed by atoms with Gasteiger partial charge in [-0.3, -0.25) is 0 Å². The maximum atomic E-state index is 6.69. The van der Waals surface area contributed by atoms with Gasteiger partial charge in [-0.25, -0.2) is 0 Å². The molecule has 0 unspecified atom stereocenters. The Hall–Kier alpha value is -0.420. The van der Waals surface area contributed by atoms with Crippen LogP contribution >= 0.6 is 0 Å². The minimum atomic E-state index is -0.483. The largest absolute Gasteiger partial charge is 0.347 e. The van der Waals surface area contributed by atoms with Crippen molar-refractivity contribution in [3.05, 3.63) is 12.2 Å². The van der Waals surface area contributed by atoms with Gasteiger partial charge in [0.15, 0.2) is 11.6 Å². The highest BCUT2D eigenvalue weighted by Crippen LogP contribution is 2.71. The lowest BCUT2D eigenvalue weighted by atomic mass is 9.42. The van der Waals surface area contributed by atoms with Crippen molar-refractivity contribution < 1.29 is 18.9 Å². The van der Waals surface area contributed by atoms with Gasteiger partial charge in [0.25, 0.3) is 0 Å². The molecule has 6 fully saturated rings. The van der Waals surface area contributed by atoms with Gasteiger partial charge in [-0.1, -0.05) is 53.7 Å². The van der Waals surface area contributed by atoms with Crippen LogP contribution in [0.15, 0.2) is 12.2 Å². The molecular weight excluding hydrogens is 472 g/mol. The van der Waals surface area contributed by atoms with Gasteiger partial charge in [0.2, 0.25) is 0 Å². The number of ether oxygens (including phenoxy) is 4. The Morgan fingerprint density at radius 3 is 2.18 bits per heavy atom. The summed E-state index contributed by atoms with van der Waals surface area (Å²) in [6.07, 6.45) is 15.4. The Balaban J connectivity index is 1.28. The van der Waals surface area contributed by atoms with Crippen molar-refractivity contribution in [2.75, 3.05) is 13.2 Å². The topological polar surface area (TPSA) is 36.9 Å². The van der Waals surface area contributed by atoms with Crippen molar-refractivity contribution in [3.63, 3.8) is 0 Å². The number of hydrogen-bond acceptors (Lipinski definition) is 4. The Morgan fingerprint density at radius 1 is 0.816 bits per heavy atom. The van der Waals surface area contributed by atoms with Gasteiger partial charge in [0, 0.05) is 12.3 Å². The van der Waals surface area contributed by atoms with Crippen molar-refractivity contribution in [3.8, 4) is 0 Å². The van der Waals surface area contributed by atoms with E-state index in [1.807, 2.05) is 0 Å². The lowest BCUT2D eigenvalue weighted by Crippen LogP contribution is -2.65. The fourth-order valence-corrected chi connectivity index (χ4v) is 11.3. The lowest BCUT2D eigenvalue weighted by molar-refractivity contribution is -0.300. The smallest absolute Gasteiger partial charge is 0.172 e. The Labute approximate surface area is 233 Å². The predicted octanol–water partition coefficient (Wildman–Crippen LogP) is 8.00. The van der Waals surface area contributed by atoms with E-state index in [4.69, 9.17) is 18.9 Å². The van der Waals surface area contributed by atoms with Gasteiger partial charge in [0.1, 0.15) is 0 Å². The van der Waals surface area contributed by atoms with Crippen LogP contribution in [-0.2, 0) is 18.9 Å². The molecule has 0 bridgehead atoms. The van der Waals surface area contributed by atoms with Gasteiger partial charge in [0.05, 0.1) is 25.4 Å². The van der Waals surface area contributed by atoms with Gasteiger partial charge >= 0.3 is 0 Å². The fourth-order valence-electron chi connectivity index (χ4n) is 11.3. The minimum Gasteiger partial charge on any atom is -0.347 e. The predicted molar refractivity (Wildman–Crippen MR) is 151 cm³/mol. The molecule has 4 nitrogen and oxygen atoms in total. The molecule has 4 saturated carbocycles. The first-order chi connectivity index (χ1) is 17.9. The van der Waals surface area contributed by atoms with Gasteiger partial charge in [-0.15, -0.1) is 0 Å². The van der Waals surface area contributed by atoms with Crippen molar-refractivity contribution >= 4 is 0 Å². The third kappa shape index (κ3) is 4.21. The van der Waals surface area contributed by atoms with Crippen molar-refractivity contribution in [2.24, 2.45) is 58.2 Å². The second-order valence-corrected chi connectivity index (χ2v) is 15.6. The zero-order chi connectivity index (χ0) is 27.1. The van der Waals surface area contributed by atoms with E-state index >= 15 is 0 Å². The van der Waals surface area contributed by atoms with Crippen LogP contribution < -0.4 is 0 Å². The summed E-state index contributed by atoms with van der Waals surface area (Å²) in [5.74, 6) is 4.52. The normalized spacial score (nSPS) is 48.6. The molecule has 2 aliphatic heterocycles. The Bertz CT molecular complexity index is 904. The number of rotatable bonds is 5. The van der Waals surface area contributed by atoms with Crippen LogP contribution in [0.1, 0.15) is 107 Å². The molecule has 6 aliphatic rings. The summed E-state index contributed by atoms with van der Waals surface area (Å²) in [5.41, 5.74) is 0.592. The molecule has 4 aliphatic carbocycles. The van der Waals surface area contributed by atoms with Crippen LogP contribution in [0, 0.1) is 58.2 Å². The summed E-state index contributed by atoms with van der Waals surface area (Å²) in [7, 11) is 0. The second kappa shape index (κ2) is 9.57. The monoisotopic (exact) mass is 528 g/mol. The highest BCUT2D eigenvalue weighted by Gasteiger charge is 2.70. The SMILES string of the molecule is CC[C@H](C=C[C@@H](C)[C@H]1CC[C@H]2[C@@H]3CC4(OCCO4)[C@H]4C[C@@H]5OC(C)(C)O[C@@H]5C[C@]4(C)[C@H]3CC[C@]12C)C(C)C. The third-order valence-electron chi connectivity index (χ3n) is 13.0. The highest BCUT2D eigenvalue weighted by atomic mass is 16.8. The molecule has 0 aromatic carbocycles. The first-order valence-electron chi connectivity index (χ1n) is 16.2. The first kappa shape index (κ1) is 27.7. The Morgan fingerprint density at radius 2 is 1.50 bits per heavy atom. The quantitative estimate of drug-likeness (QED) is 0.339. The maximum absolute atomic E-state index is 6.69. The van der Waals surface area contributed by atoms with Crippen LogP contribution in [0.4, 0.5) is 0 Å². The van der Waals surface area contributed by atoms with Gasteiger partial charge < -0.3 is 18.9 Å². The zero-order valence-electron chi connectivity index (χ0n) is 25.6. The summed E-state index contributed by atoms with van der Waals surface area (Å²) in [6, 6.07) is 0. The maximum Gasteiger partial charge on any atom is 0.172 e. The number of fused-ring (bicyclic) bond motifs is 7.